The topological polar surface area (TPSA) is 108 Å². The molecule has 4 amide bonds. The van der Waals surface area contributed by atoms with Crippen molar-refractivity contribution in [2.75, 3.05) is 24.6 Å². The van der Waals surface area contributed by atoms with E-state index in [1.54, 1.807) is 36.2 Å². The molecule has 0 unspecified atom stereocenters. The Kier molecular flexibility index (Phi) is 8.48. The second-order valence-corrected chi connectivity index (χ2v) is 10.5. The van der Waals surface area contributed by atoms with E-state index >= 15 is 0 Å². The second-order valence-electron chi connectivity index (χ2n) is 10.5. The van der Waals surface area contributed by atoms with Gasteiger partial charge in [0.25, 0.3) is 0 Å². The van der Waals surface area contributed by atoms with Crippen LogP contribution in [0.2, 0.25) is 0 Å². The summed E-state index contributed by atoms with van der Waals surface area (Å²) in [7, 11) is 1.74. The van der Waals surface area contributed by atoms with Crippen LogP contribution < -0.4 is 16.4 Å². The van der Waals surface area contributed by atoms with Gasteiger partial charge in [-0.3, -0.25) is 9.59 Å². The van der Waals surface area contributed by atoms with Crippen molar-refractivity contribution in [3.63, 3.8) is 0 Å². The third kappa shape index (κ3) is 6.66. The van der Waals surface area contributed by atoms with Crippen LogP contribution >= 0.6 is 0 Å². The van der Waals surface area contributed by atoms with Crippen LogP contribution in [0.1, 0.15) is 24.0 Å². The summed E-state index contributed by atoms with van der Waals surface area (Å²) in [4.78, 5) is 43.7. The molecule has 5 rings (SSSR count). The highest BCUT2D eigenvalue weighted by Gasteiger charge is 2.36. The average molecular weight is 550 g/mol. The number of urea groups is 1. The van der Waals surface area contributed by atoms with Gasteiger partial charge >= 0.3 is 6.03 Å². The van der Waals surface area contributed by atoms with E-state index in [1.165, 1.54) is 4.90 Å². The molecule has 0 aromatic heterocycles. The molecule has 1 fully saturated rings. The molecule has 0 saturated carbocycles. The molecular weight excluding hydrogens is 514 g/mol. The fourth-order valence-electron chi connectivity index (χ4n) is 5.35. The quantitative estimate of drug-likeness (QED) is 0.274. The van der Waals surface area contributed by atoms with Gasteiger partial charge in [0.2, 0.25) is 11.8 Å². The summed E-state index contributed by atoms with van der Waals surface area (Å²) in [6.45, 7) is 0.855. The Morgan fingerprint density at radius 3 is 2.39 bits per heavy atom. The number of nitrogens with zero attached hydrogens (tertiary/aromatic N) is 2. The number of rotatable bonds is 8. The van der Waals surface area contributed by atoms with Crippen molar-refractivity contribution < 1.29 is 14.4 Å². The first-order valence-electron chi connectivity index (χ1n) is 13.9. The van der Waals surface area contributed by atoms with Crippen LogP contribution in [-0.4, -0.2) is 53.3 Å². The minimum atomic E-state index is -0.798. The number of likely N-dealkylation sites (N-methyl/N-ethyl adjacent to an activating group) is 1. The summed E-state index contributed by atoms with van der Waals surface area (Å²) < 4.78 is 0. The minimum Gasteiger partial charge on any atom is -0.397 e. The van der Waals surface area contributed by atoms with E-state index in [1.807, 2.05) is 66.7 Å². The number of nitrogens with one attached hydrogen (secondary N) is 2. The Bertz CT molecular complexity index is 1540. The van der Waals surface area contributed by atoms with Crippen molar-refractivity contribution >= 4 is 40.0 Å². The van der Waals surface area contributed by atoms with Crippen LogP contribution in [-0.2, 0) is 22.6 Å². The standard InChI is InChI=1S/C33H35N5O3/c1-37(22-23-10-3-2-4-11-23)32(40)29(21-24-17-18-25-12-5-6-13-26(25)20-24)35-31(39)30-16-9-19-38(30)33(41)36-28-15-8-7-14-27(28)34/h2-8,10-15,17-18,20,29-30H,9,16,19,21-22,34H2,1H3,(H,35,39)(H,36,41)/t29-,30-/m0/s1. The van der Waals surface area contributed by atoms with E-state index in [0.29, 0.717) is 43.7 Å². The highest BCUT2D eigenvalue weighted by atomic mass is 16.2. The molecule has 1 saturated heterocycles. The van der Waals surface area contributed by atoms with Crippen molar-refractivity contribution in [1.82, 2.24) is 15.1 Å². The molecule has 0 radical (unpaired) electrons. The van der Waals surface area contributed by atoms with Gasteiger partial charge in [0.1, 0.15) is 12.1 Å². The normalized spacial score (nSPS) is 15.3. The zero-order chi connectivity index (χ0) is 28.8. The van der Waals surface area contributed by atoms with E-state index in [0.717, 1.165) is 21.9 Å². The van der Waals surface area contributed by atoms with Gasteiger partial charge in [-0.25, -0.2) is 4.79 Å². The number of fused-ring (bicyclic) bond motifs is 1. The molecule has 1 heterocycles. The summed E-state index contributed by atoms with van der Waals surface area (Å²) in [5.41, 5.74) is 8.88. The summed E-state index contributed by atoms with van der Waals surface area (Å²) in [6, 6.07) is 29.0. The first-order chi connectivity index (χ1) is 19.9. The van der Waals surface area contributed by atoms with Crippen LogP contribution in [0.3, 0.4) is 0 Å². The average Bonchev–Trinajstić information content (AvgIpc) is 3.49. The van der Waals surface area contributed by atoms with Crippen LogP contribution in [0.5, 0.6) is 0 Å². The van der Waals surface area contributed by atoms with Gasteiger partial charge in [-0.05, 0) is 46.9 Å². The van der Waals surface area contributed by atoms with E-state index in [4.69, 9.17) is 5.73 Å². The van der Waals surface area contributed by atoms with Gasteiger partial charge in [0.15, 0.2) is 0 Å². The third-order valence-electron chi connectivity index (χ3n) is 7.53. The van der Waals surface area contributed by atoms with Crippen LogP contribution in [0, 0.1) is 0 Å². The first kappa shape index (κ1) is 27.7. The number of carbonyl (C=O) groups is 3. The maximum atomic E-state index is 13.8. The maximum Gasteiger partial charge on any atom is 0.322 e. The molecule has 0 bridgehead atoms. The Morgan fingerprint density at radius 1 is 0.902 bits per heavy atom. The number of para-hydroxylation sites is 2. The molecule has 1 aliphatic rings. The van der Waals surface area contributed by atoms with Crippen molar-refractivity contribution in [2.24, 2.45) is 0 Å². The largest absolute Gasteiger partial charge is 0.397 e. The summed E-state index contributed by atoms with van der Waals surface area (Å²) in [5, 5.41) is 8.00. The SMILES string of the molecule is CN(Cc1ccccc1)C(=O)[C@H](Cc1ccc2ccccc2c1)NC(=O)[C@@H]1CCCN1C(=O)Nc1ccccc1N. The summed E-state index contributed by atoms with van der Waals surface area (Å²) >= 11 is 0. The fourth-order valence-corrected chi connectivity index (χ4v) is 5.35. The zero-order valence-corrected chi connectivity index (χ0v) is 23.1. The lowest BCUT2D eigenvalue weighted by Gasteiger charge is -2.29. The van der Waals surface area contributed by atoms with Gasteiger partial charge in [0.05, 0.1) is 11.4 Å². The predicted octanol–water partition coefficient (Wildman–Crippen LogP) is 4.80. The van der Waals surface area contributed by atoms with E-state index in [2.05, 4.69) is 16.7 Å². The predicted molar refractivity (Wildman–Crippen MR) is 162 cm³/mol. The van der Waals surface area contributed by atoms with Gasteiger partial charge in [-0.1, -0.05) is 84.9 Å². The number of likely N-dealkylation sites (tertiary alicyclic amines) is 1. The van der Waals surface area contributed by atoms with Gasteiger partial charge in [-0.15, -0.1) is 0 Å². The van der Waals surface area contributed by atoms with Crippen molar-refractivity contribution in [3.8, 4) is 0 Å². The molecule has 4 aromatic rings. The molecule has 4 N–H and O–H groups in total. The number of hydrogen-bond donors (Lipinski definition) is 3. The molecule has 0 aliphatic carbocycles. The highest BCUT2D eigenvalue weighted by molar-refractivity contribution is 5.97. The molecule has 210 valence electrons. The van der Waals surface area contributed by atoms with Gasteiger partial charge in [-0.2, -0.15) is 0 Å². The molecular formula is C33H35N5O3. The van der Waals surface area contributed by atoms with Gasteiger partial charge < -0.3 is 26.2 Å². The Morgan fingerprint density at radius 2 is 1.61 bits per heavy atom. The second kappa shape index (κ2) is 12.6. The monoisotopic (exact) mass is 549 g/mol. The number of carbonyl (C=O) groups excluding carboxylic acids is 3. The smallest absolute Gasteiger partial charge is 0.322 e. The number of nitrogens with two attached hydrogens (primary N) is 1. The minimum absolute atomic E-state index is 0.193. The third-order valence-corrected chi connectivity index (χ3v) is 7.53. The number of benzene rings is 4. The maximum absolute atomic E-state index is 13.8. The zero-order valence-electron chi connectivity index (χ0n) is 23.1. The lowest BCUT2D eigenvalue weighted by atomic mass is 10.00. The van der Waals surface area contributed by atoms with Crippen molar-refractivity contribution in [2.45, 2.75) is 37.9 Å². The van der Waals surface area contributed by atoms with E-state index in [9.17, 15) is 14.4 Å². The number of hydrogen-bond acceptors (Lipinski definition) is 4. The summed E-state index contributed by atoms with van der Waals surface area (Å²) in [5.74, 6) is -0.535. The van der Waals surface area contributed by atoms with E-state index in [-0.39, 0.29) is 17.8 Å². The Hall–Kier alpha value is -4.85. The van der Waals surface area contributed by atoms with Crippen LogP contribution in [0.4, 0.5) is 16.2 Å². The van der Waals surface area contributed by atoms with Crippen molar-refractivity contribution in [3.05, 3.63) is 108 Å². The molecule has 1 aliphatic heterocycles. The summed E-state index contributed by atoms with van der Waals surface area (Å²) in [6.07, 6.45) is 1.53. The first-order valence-corrected chi connectivity index (χ1v) is 13.9. The van der Waals surface area contributed by atoms with Crippen molar-refractivity contribution in [1.29, 1.82) is 0 Å². The van der Waals surface area contributed by atoms with Crippen LogP contribution in [0.15, 0.2) is 97.1 Å². The Labute approximate surface area is 240 Å². The molecule has 41 heavy (non-hydrogen) atoms. The lowest BCUT2D eigenvalue weighted by molar-refractivity contribution is -0.136. The highest BCUT2D eigenvalue weighted by Crippen LogP contribution is 2.23. The van der Waals surface area contributed by atoms with Gasteiger partial charge in [0, 0.05) is 26.6 Å². The lowest BCUT2D eigenvalue weighted by Crippen LogP contribution is -2.54. The molecule has 0 spiro atoms. The molecule has 8 heteroatoms. The molecule has 4 aromatic carbocycles. The molecule has 2 atom stereocenters. The number of amides is 4. The van der Waals surface area contributed by atoms with Crippen LogP contribution in [0.25, 0.3) is 10.8 Å². The number of nitrogen functional groups attached to an aromatic ring is 1. The van der Waals surface area contributed by atoms with E-state index < -0.39 is 12.1 Å². The number of anilines is 2. The fraction of sp³-hybridized carbons (Fsp3) is 0.242. The molecule has 8 nitrogen and oxygen atoms in total. The Balaban J connectivity index is 1.34.